The molecule has 1 fully saturated rings. The van der Waals surface area contributed by atoms with Gasteiger partial charge < -0.3 is 9.32 Å². The van der Waals surface area contributed by atoms with E-state index >= 15 is 0 Å². The van der Waals surface area contributed by atoms with Crippen molar-refractivity contribution in [2.45, 2.75) is 25.9 Å². The molecule has 6 heteroatoms. The highest BCUT2D eigenvalue weighted by Crippen LogP contribution is 2.17. The Bertz CT molecular complexity index is 432. The molecule has 1 unspecified atom stereocenters. The van der Waals surface area contributed by atoms with Crippen LogP contribution in [0, 0.1) is 0 Å². The number of hydrogen-bond acceptors (Lipinski definition) is 5. The third-order valence-electron chi connectivity index (χ3n) is 3.64. The summed E-state index contributed by atoms with van der Waals surface area (Å²) in [5.41, 5.74) is 3.00. The average Bonchev–Trinajstić information content (AvgIpc) is 2.78. The Hall–Kier alpha value is -1.37. The summed E-state index contributed by atoms with van der Waals surface area (Å²) in [5, 5.41) is 0. The minimum Gasteiger partial charge on any atom is -0.459 e. The molecule has 0 bridgehead atoms. The van der Waals surface area contributed by atoms with Crippen LogP contribution in [0.5, 0.6) is 0 Å². The highest BCUT2D eigenvalue weighted by atomic mass is 16.3. The highest BCUT2D eigenvalue weighted by molar-refractivity contribution is 5.92. The number of nitrogen functional groups attached to an aromatic ring is 1. The standard InChI is InChI=1S/C13H22N4O2/c1-10-8-16(2)5-3-6-17(10)9-11-4-7-19-12(11)13(18)15-14/h4,7,10H,3,5-6,8-9,14H2,1-2H3,(H,15,18). The van der Waals surface area contributed by atoms with E-state index in [0.29, 0.717) is 18.3 Å². The fourth-order valence-electron chi connectivity index (χ4n) is 2.60. The summed E-state index contributed by atoms with van der Waals surface area (Å²) >= 11 is 0. The van der Waals surface area contributed by atoms with Gasteiger partial charge in [0.05, 0.1) is 6.26 Å². The van der Waals surface area contributed by atoms with Crippen molar-refractivity contribution in [2.75, 3.05) is 26.7 Å². The molecule has 0 spiro atoms. The van der Waals surface area contributed by atoms with E-state index in [1.807, 2.05) is 6.07 Å². The largest absolute Gasteiger partial charge is 0.459 e. The van der Waals surface area contributed by atoms with E-state index < -0.39 is 0 Å². The number of amides is 1. The Morgan fingerprint density at radius 1 is 1.58 bits per heavy atom. The maximum absolute atomic E-state index is 11.6. The van der Waals surface area contributed by atoms with Gasteiger partial charge in [0, 0.05) is 31.2 Å². The average molecular weight is 266 g/mol. The van der Waals surface area contributed by atoms with E-state index in [-0.39, 0.29) is 5.91 Å². The van der Waals surface area contributed by atoms with Gasteiger partial charge in [0.25, 0.3) is 0 Å². The van der Waals surface area contributed by atoms with Gasteiger partial charge in [0.1, 0.15) is 0 Å². The zero-order valence-electron chi connectivity index (χ0n) is 11.6. The predicted octanol–water partition coefficient (Wildman–Crippen LogP) is 0.409. The summed E-state index contributed by atoms with van der Waals surface area (Å²) < 4.78 is 5.22. The first-order valence-corrected chi connectivity index (χ1v) is 6.61. The number of hydrazine groups is 1. The van der Waals surface area contributed by atoms with Gasteiger partial charge in [-0.3, -0.25) is 15.1 Å². The number of nitrogens with two attached hydrogens (primary N) is 1. The molecule has 1 aromatic heterocycles. The zero-order chi connectivity index (χ0) is 13.8. The summed E-state index contributed by atoms with van der Waals surface area (Å²) in [6.07, 6.45) is 2.67. The molecule has 0 saturated carbocycles. The maximum atomic E-state index is 11.6. The van der Waals surface area contributed by atoms with Crippen LogP contribution in [0.1, 0.15) is 29.5 Å². The van der Waals surface area contributed by atoms with Gasteiger partial charge in [-0.2, -0.15) is 0 Å². The number of nitrogens with zero attached hydrogens (tertiary/aromatic N) is 2. The van der Waals surface area contributed by atoms with Crippen LogP contribution in [-0.4, -0.2) is 48.4 Å². The molecule has 0 aromatic carbocycles. The second-order valence-corrected chi connectivity index (χ2v) is 5.18. The molecule has 6 nitrogen and oxygen atoms in total. The van der Waals surface area contributed by atoms with Gasteiger partial charge in [-0.1, -0.05) is 0 Å². The summed E-state index contributed by atoms with van der Waals surface area (Å²) in [6, 6.07) is 2.29. The molecule has 1 saturated heterocycles. The molecule has 1 amide bonds. The summed E-state index contributed by atoms with van der Waals surface area (Å²) in [5.74, 6) is 5.09. The summed E-state index contributed by atoms with van der Waals surface area (Å²) in [4.78, 5) is 16.3. The monoisotopic (exact) mass is 266 g/mol. The summed E-state index contributed by atoms with van der Waals surface area (Å²) in [7, 11) is 2.14. The second kappa shape index (κ2) is 6.18. The Kier molecular flexibility index (Phi) is 4.57. The number of carbonyl (C=O) groups is 1. The lowest BCUT2D eigenvalue weighted by Gasteiger charge is -2.27. The SMILES string of the molecule is CC1CN(C)CCCN1Cc1ccoc1C(=O)NN. The molecule has 2 rings (SSSR count). The van der Waals surface area contributed by atoms with Gasteiger partial charge in [-0.15, -0.1) is 0 Å². The van der Waals surface area contributed by atoms with Gasteiger partial charge in [-0.05, 0) is 33.0 Å². The van der Waals surface area contributed by atoms with Crippen molar-refractivity contribution in [2.24, 2.45) is 5.84 Å². The lowest BCUT2D eigenvalue weighted by atomic mass is 10.2. The molecule has 1 aliphatic rings. The van der Waals surface area contributed by atoms with Crippen molar-refractivity contribution >= 4 is 5.91 Å². The van der Waals surface area contributed by atoms with Crippen LogP contribution in [0.3, 0.4) is 0 Å². The molecule has 1 aromatic rings. The number of carbonyl (C=O) groups excluding carboxylic acids is 1. The van der Waals surface area contributed by atoms with E-state index in [2.05, 4.69) is 29.2 Å². The van der Waals surface area contributed by atoms with Crippen molar-refractivity contribution < 1.29 is 9.21 Å². The minimum absolute atomic E-state index is 0.312. The molecule has 2 heterocycles. The van der Waals surface area contributed by atoms with Crippen LogP contribution in [0.25, 0.3) is 0 Å². The van der Waals surface area contributed by atoms with Crippen molar-refractivity contribution in [3.05, 3.63) is 23.7 Å². The third kappa shape index (κ3) is 3.34. The fraction of sp³-hybridized carbons (Fsp3) is 0.615. The lowest BCUT2D eigenvalue weighted by Crippen LogP contribution is -2.38. The molecule has 1 aliphatic heterocycles. The van der Waals surface area contributed by atoms with Crippen LogP contribution in [0.15, 0.2) is 16.7 Å². The number of rotatable bonds is 3. The smallest absolute Gasteiger partial charge is 0.301 e. The third-order valence-corrected chi connectivity index (χ3v) is 3.64. The van der Waals surface area contributed by atoms with Crippen molar-refractivity contribution in [1.29, 1.82) is 0 Å². The molecular weight excluding hydrogens is 244 g/mol. The summed E-state index contributed by atoms with van der Waals surface area (Å²) in [6.45, 7) is 6.11. The van der Waals surface area contributed by atoms with Crippen LogP contribution in [0.4, 0.5) is 0 Å². The van der Waals surface area contributed by atoms with Crippen LogP contribution in [-0.2, 0) is 6.54 Å². The van der Waals surface area contributed by atoms with Crippen molar-refractivity contribution in [3.8, 4) is 0 Å². The van der Waals surface area contributed by atoms with Gasteiger partial charge in [0.15, 0.2) is 5.76 Å². The van der Waals surface area contributed by atoms with Crippen LogP contribution in [0.2, 0.25) is 0 Å². The van der Waals surface area contributed by atoms with Crippen molar-refractivity contribution in [1.82, 2.24) is 15.2 Å². The number of likely N-dealkylation sites (N-methyl/N-ethyl adjacent to an activating group) is 1. The van der Waals surface area contributed by atoms with E-state index in [4.69, 9.17) is 10.3 Å². The maximum Gasteiger partial charge on any atom is 0.301 e. The Morgan fingerprint density at radius 2 is 2.37 bits per heavy atom. The molecule has 0 aliphatic carbocycles. The van der Waals surface area contributed by atoms with Gasteiger partial charge >= 0.3 is 5.91 Å². The van der Waals surface area contributed by atoms with Gasteiger partial charge in [0.2, 0.25) is 0 Å². The Labute approximate surface area is 113 Å². The minimum atomic E-state index is -0.375. The number of furan rings is 1. The second-order valence-electron chi connectivity index (χ2n) is 5.18. The molecule has 0 radical (unpaired) electrons. The van der Waals surface area contributed by atoms with E-state index in [9.17, 15) is 4.79 Å². The first-order chi connectivity index (χ1) is 9.11. The Morgan fingerprint density at radius 3 is 3.11 bits per heavy atom. The van der Waals surface area contributed by atoms with Crippen LogP contribution >= 0.6 is 0 Å². The zero-order valence-corrected chi connectivity index (χ0v) is 11.6. The number of nitrogens with one attached hydrogen (secondary N) is 1. The first-order valence-electron chi connectivity index (χ1n) is 6.61. The number of hydrogen-bond donors (Lipinski definition) is 2. The first kappa shape index (κ1) is 14.0. The van der Waals surface area contributed by atoms with Gasteiger partial charge in [-0.25, -0.2) is 5.84 Å². The van der Waals surface area contributed by atoms with E-state index in [1.54, 1.807) is 0 Å². The fourth-order valence-corrected chi connectivity index (χ4v) is 2.60. The highest BCUT2D eigenvalue weighted by Gasteiger charge is 2.22. The topological polar surface area (TPSA) is 74.7 Å². The van der Waals surface area contributed by atoms with Crippen LogP contribution < -0.4 is 11.3 Å². The normalized spacial score (nSPS) is 22.2. The predicted molar refractivity (Wildman–Crippen MR) is 72.3 cm³/mol. The molecule has 106 valence electrons. The molecule has 1 atom stereocenters. The molecular formula is C13H22N4O2. The molecule has 19 heavy (non-hydrogen) atoms. The van der Waals surface area contributed by atoms with E-state index in [0.717, 1.165) is 31.6 Å². The van der Waals surface area contributed by atoms with Crippen molar-refractivity contribution in [3.63, 3.8) is 0 Å². The Balaban J connectivity index is 2.08. The van der Waals surface area contributed by atoms with E-state index in [1.165, 1.54) is 6.26 Å². The molecule has 3 N–H and O–H groups in total. The lowest BCUT2D eigenvalue weighted by molar-refractivity contribution is 0.0922. The quantitative estimate of drug-likeness (QED) is 0.471.